The van der Waals surface area contributed by atoms with E-state index in [2.05, 4.69) is 16.7 Å². The van der Waals surface area contributed by atoms with E-state index in [1.165, 1.54) is 12.1 Å². The van der Waals surface area contributed by atoms with Crippen LogP contribution < -0.4 is 14.2 Å². The van der Waals surface area contributed by atoms with E-state index in [1.807, 2.05) is 25.1 Å². The molecule has 3 aromatic carbocycles. The first-order chi connectivity index (χ1) is 14.5. The molecule has 4 aromatic rings. The Morgan fingerprint density at radius 1 is 0.867 bits per heavy atom. The Balaban J connectivity index is 1.88. The molecule has 1 heterocycles. The van der Waals surface area contributed by atoms with E-state index in [-0.39, 0.29) is 5.82 Å². The molecule has 30 heavy (non-hydrogen) atoms. The summed E-state index contributed by atoms with van der Waals surface area (Å²) in [5.74, 6) is 2.23. The highest BCUT2D eigenvalue weighted by Crippen LogP contribution is 2.39. The minimum Gasteiger partial charge on any atom is -0.493 e. The van der Waals surface area contributed by atoms with Crippen molar-refractivity contribution in [2.75, 3.05) is 21.3 Å². The molecule has 0 aliphatic heterocycles. The summed E-state index contributed by atoms with van der Waals surface area (Å²) >= 11 is 0. The van der Waals surface area contributed by atoms with Gasteiger partial charge in [0.2, 0.25) is 5.75 Å². The van der Waals surface area contributed by atoms with Gasteiger partial charge >= 0.3 is 0 Å². The van der Waals surface area contributed by atoms with E-state index in [4.69, 9.17) is 19.2 Å². The van der Waals surface area contributed by atoms with Gasteiger partial charge in [0.15, 0.2) is 11.5 Å². The second-order valence-electron chi connectivity index (χ2n) is 7.05. The standard InChI is InChI=1S/C24H23FN2O3/c1-15-5-10-20-19(11-15)26-24(17-6-8-18(25)9-7-17)27(20)14-16-12-21(28-2)23(30-4)22(13-16)29-3/h5-13H,14H2,1-4H3. The maximum Gasteiger partial charge on any atom is 0.203 e. The van der Waals surface area contributed by atoms with E-state index in [0.717, 1.165) is 33.5 Å². The Labute approximate surface area is 174 Å². The number of benzene rings is 3. The van der Waals surface area contributed by atoms with Crippen molar-refractivity contribution >= 4 is 11.0 Å². The second-order valence-corrected chi connectivity index (χ2v) is 7.05. The van der Waals surface area contributed by atoms with Gasteiger partial charge in [0.05, 0.1) is 32.4 Å². The number of rotatable bonds is 6. The Kier molecular flexibility index (Phi) is 5.31. The van der Waals surface area contributed by atoms with Crippen molar-refractivity contribution in [1.29, 1.82) is 0 Å². The summed E-state index contributed by atoms with van der Waals surface area (Å²) in [4.78, 5) is 4.84. The topological polar surface area (TPSA) is 45.5 Å². The smallest absolute Gasteiger partial charge is 0.203 e. The average molecular weight is 406 g/mol. The van der Waals surface area contributed by atoms with Gasteiger partial charge in [-0.2, -0.15) is 0 Å². The van der Waals surface area contributed by atoms with Gasteiger partial charge < -0.3 is 18.8 Å². The van der Waals surface area contributed by atoms with E-state index in [1.54, 1.807) is 33.5 Å². The van der Waals surface area contributed by atoms with Gasteiger partial charge in [-0.15, -0.1) is 0 Å². The minimum atomic E-state index is -0.276. The summed E-state index contributed by atoms with van der Waals surface area (Å²) < 4.78 is 32.0. The van der Waals surface area contributed by atoms with Crippen molar-refractivity contribution < 1.29 is 18.6 Å². The zero-order valence-corrected chi connectivity index (χ0v) is 17.4. The van der Waals surface area contributed by atoms with Crippen LogP contribution in [0.3, 0.4) is 0 Å². The van der Waals surface area contributed by atoms with Crippen molar-refractivity contribution in [3.8, 4) is 28.6 Å². The number of aryl methyl sites for hydroxylation is 1. The predicted molar refractivity (Wildman–Crippen MR) is 115 cm³/mol. The van der Waals surface area contributed by atoms with Crippen molar-refractivity contribution in [2.24, 2.45) is 0 Å². The second kappa shape index (κ2) is 8.06. The minimum absolute atomic E-state index is 0.276. The number of halogens is 1. The van der Waals surface area contributed by atoms with Gasteiger partial charge in [0.1, 0.15) is 11.6 Å². The van der Waals surface area contributed by atoms with E-state index in [0.29, 0.717) is 23.8 Å². The zero-order valence-electron chi connectivity index (χ0n) is 17.4. The molecule has 5 nitrogen and oxygen atoms in total. The van der Waals surface area contributed by atoms with Crippen LogP contribution in [0.2, 0.25) is 0 Å². The number of nitrogens with zero attached hydrogens (tertiary/aromatic N) is 2. The highest BCUT2D eigenvalue weighted by atomic mass is 19.1. The first kappa shape index (κ1) is 19.8. The van der Waals surface area contributed by atoms with Crippen LogP contribution >= 0.6 is 0 Å². The molecule has 0 atom stereocenters. The van der Waals surface area contributed by atoms with E-state index < -0.39 is 0 Å². The molecule has 1 aromatic heterocycles. The number of imidazole rings is 1. The van der Waals surface area contributed by atoms with Crippen LogP contribution in [0.4, 0.5) is 4.39 Å². The molecule has 0 bridgehead atoms. The van der Waals surface area contributed by atoms with Crippen LogP contribution in [0, 0.1) is 12.7 Å². The third-order valence-corrected chi connectivity index (χ3v) is 5.07. The Hall–Kier alpha value is -3.54. The molecule has 0 aliphatic carbocycles. The van der Waals surface area contributed by atoms with Crippen molar-refractivity contribution in [3.63, 3.8) is 0 Å². The molecule has 0 aliphatic rings. The molecular formula is C24H23FN2O3. The highest BCUT2D eigenvalue weighted by Gasteiger charge is 2.17. The molecule has 0 amide bonds. The summed E-state index contributed by atoms with van der Waals surface area (Å²) in [5, 5.41) is 0. The molecule has 0 saturated heterocycles. The lowest BCUT2D eigenvalue weighted by atomic mass is 10.1. The third-order valence-electron chi connectivity index (χ3n) is 5.07. The van der Waals surface area contributed by atoms with Gasteiger partial charge in [-0.25, -0.2) is 9.37 Å². The zero-order chi connectivity index (χ0) is 21.3. The Morgan fingerprint density at radius 2 is 1.53 bits per heavy atom. The molecule has 0 radical (unpaired) electrons. The van der Waals surface area contributed by atoms with Crippen LogP contribution in [-0.2, 0) is 6.54 Å². The van der Waals surface area contributed by atoms with Crippen LogP contribution in [0.25, 0.3) is 22.4 Å². The first-order valence-electron chi connectivity index (χ1n) is 9.55. The maximum absolute atomic E-state index is 13.5. The normalized spacial score (nSPS) is 11.0. The van der Waals surface area contributed by atoms with E-state index in [9.17, 15) is 4.39 Å². The fourth-order valence-corrected chi connectivity index (χ4v) is 3.63. The van der Waals surface area contributed by atoms with Crippen molar-refractivity contribution in [1.82, 2.24) is 9.55 Å². The van der Waals surface area contributed by atoms with E-state index >= 15 is 0 Å². The Bertz CT molecular complexity index is 1170. The fourth-order valence-electron chi connectivity index (χ4n) is 3.63. The monoisotopic (exact) mass is 406 g/mol. The maximum atomic E-state index is 13.5. The van der Waals surface area contributed by atoms with Crippen LogP contribution in [0.15, 0.2) is 54.6 Å². The number of aromatic nitrogens is 2. The van der Waals surface area contributed by atoms with Gasteiger partial charge in [0.25, 0.3) is 0 Å². The number of methoxy groups -OCH3 is 3. The number of ether oxygens (including phenoxy) is 3. The summed E-state index contributed by atoms with van der Waals surface area (Å²) in [5.41, 5.74) is 4.83. The molecule has 0 saturated carbocycles. The molecule has 0 N–H and O–H groups in total. The molecule has 0 fully saturated rings. The molecule has 0 unspecified atom stereocenters. The lowest BCUT2D eigenvalue weighted by Crippen LogP contribution is -2.04. The first-order valence-corrected chi connectivity index (χ1v) is 9.55. The van der Waals surface area contributed by atoms with Crippen LogP contribution in [0.5, 0.6) is 17.2 Å². The largest absolute Gasteiger partial charge is 0.493 e. The van der Waals surface area contributed by atoms with Gasteiger partial charge in [0, 0.05) is 12.1 Å². The van der Waals surface area contributed by atoms with Gasteiger partial charge in [-0.05, 0) is 66.6 Å². The SMILES string of the molecule is COc1cc(Cn2c(-c3ccc(F)cc3)nc3cc(C)ccc32)cc(OC)c1OC. The molecular weight excluding hydrogens is 383 g/mol. The lowest BCUT2D eigenvalue weighted by Gasteiger charge is -2.16. The average Bonchev–Trinajstić information content (AvgIpc) is 3.10. The quantitative estimate of drug-likeness (QED) is 0.440. The van der Waals surface area contributed by atoms with Crippen LogP contribution in [-0.4, -0.2) is 30.9 Å². The molecule has 154 valence electrons. The highest BCUT2D eigenvalue weighted by molar-refractivity contribution is 5.81. The Morgan fingerprint density at radius 3 is 2.13 bits per heavy atom. The van der Waals surface area contributed by atoms with Gasteiger partial charge in [-0.1, -0.05) is 6.07 Å². The number of fused-ring (bicyclic) bond motifs is 1. The number of hydrogen-bond acceptors (Lipinski definition) is 4. The lowest BCUT2D eigenvalue weighted by molar-refractivity contribution is 0.323. The molecule has 0 spiro atoms. The van der Waals surface area contributed by atoms with Crippen molar-refractivity contribution in [3.05, 3.63) is 71.5 Å². The van der Waals surface area contributed by atoms with Crippen LogP contribution in [0.1, 0.15) is 11.1 Å². The predicted octanol–water partition coefficient (Wildman–Crippen LogP) is 5.22. The molecule has 4 rings (SSSR count). The summed E-state index contributed by atoms with van der Waals surface area (Å²) in [6.45, 7) is 2.57. The molecule has 6 heteroatoms. The summed E-state index contributed by atoms with van der Waals surface area (Å²) in [6, 6.07) is 16.4. The summed E-state index contributed by atoms with van der Waals surface area (Å²) in [6.07, 6.45) is 0. The third kappa shape index (κ3) is 3.56. The van der Waals surface area contributed by atoms with Crippen molar-refractivity contribution in [2.45, 2.75) is 13.5 Å². The summed E-state index contributed by atoms with van der Waals surface area (Å²) in [7, 11) is 4.78. The fraction of sp³-hybridized carbons (Fsp3) is 0.208. The number of hydrogen-bond donors (Lipinski definition) is 0. The van der Waals surface area contributed by atoms with Gasteiger partial charge in [-0.3, -0.25) is 0 Å².